The third kappa shape index (κ3) is 7.69. The average molecular weight is 448 g/mol. The topological polar surface area (TPSA) is 93.4 Å². The average Bonchev–Trinajstić information content (AvgIpc) is 2.79. The third-order valence-corrected chi connectivity index (χ3v) is 5.69. The van der Waals surface area contributed by atoms with Crippen LogP contribution in [0.1, 0.15) is 50.6 Å². The molecule has 7 nitrogen and oxygen atoms in total. The molecular formula is C26H33N5O2. The Kier molecular flexibility index (Phi) is 8.18. The number of benzene rings is 1. The van der Waals surface area contributed by atoms with Gasteiger partial charge in [-0.1, -0.05) is 57.2 Å². The first-order chi connectivity index (χ1) is 15.7. The van der Waals surface area contributed by atoms with Crippen molar-refractivity contribution >= 4 is 17.9 Å². The van der Waals surface area contributed by atoms with E-state index >= 15 is 0 Å². The van der Waals surface area contributed by atoms with E-state index in [2.05, 4.69) is 77.0 Å². The summed E-state index contributed by atoms with van der Waals surface area (Å²) in [5.41, 5.74) is 2.37. The van der Waals surface area contributed by atoms with E-state index in [9.17, 15) is 4.79 Å². The van der Waals surface area contributed by atoms with Crippen molar-refractivity contribution in [1.82, 2.24) is 14.9 Å². The maximum atomic E-state index is 11.1. The van der Waals surface area contributed by atoms with Gasteiger partial charge >= 0.3 is 5.97 Å². The molecule has 174 valence electrons. The molecule has 1 aliphatic rings. The summed E-state index contributed by atoms with van der Waals surface area (Å²) in [7, 11) is 0. The predicted octanol–water partition coefficient (Wildman–Crippen LogP) is 4.21. The summed E-state index contributed by atoms with van der Waals surface area (Å²) in [5.74, 6) is 0.0761. The number of carboxylic acid groups (broad SMARTS) is 1. The summed E-state index contributed by atoms with van der Waals surface area (Å²) in [6.45, 7) is 10.6. The zero-order valence-corrected chi connectivity index (χ0v) is 19.7. The van der Waals surface area contributed by atoms with E-state index in [4.69, 9.17) is 10.4 Å². The number of nitriles is 1. The fourth-order valence-corrected chi connectivity index (χ4v) is 4.02. The Labute approximate surface area is 196 Å². The molecule has 0 radical (unpaired) electrons. The molecule has 1 fully saturated rings. The maximum absolute atomic E-state index is 11.1. The molecule has 1 N–H and O–H groups in total. The number of aliphatic carboxylic acids is 1. The number of carboxylic acids is 1. The number of nitrogens with zero attached hydrogens (tertiary/aromatic N) is 5. The number of hydrogen-bond acceptors (Lipinski definition) is 6. The monoisotopic (exact) mass is 447 g/mol. The number of anilines is 1. The number of carbonyl (C=O) groups is 1. The molecule has 1 aliphatic heterocycles. The lowest BCUT2D eigenvalue weighted by molar-refractivity contribution is -0.143. The highest BCUT2D eigenvalue weighted by Gasteiger charge is 2.23. The maximum Gasteiger partial charge on any atom is 0.306 e. The fraction of sp³-hybridized carbons (Fsp3) is 0.462. The molecule has 0 bridgehead atoms. The van der Waals surface area contributed by atoms with Gasteiger partial charge in [-0.2, -0.15) is 5.26 Å². The number of hydrogen-bond donors (Lipinski definition) is 1. The smallest absolute Gasteiger partial charge is 0.306 e. The fourth-order valence-electron chi connectivity index (χ4n) is 4.02. The van der Waals surface area contributed by atoms with E-state index in [1.165, 1.54) is 5.56 Å². The number of piperidine rings is 1. The molecule has 2 aromatic rings. The quantitative estimate of drug-likeness (QED) is 0.648. The Hall–Kier alpha value is -3.24. The Morgan fingerprint density at radius 2 is 1.94 bits per heavy atom. The number of likely N-dealkylation sites (tertiary alicyclic amines) is 1. The number of aromatic nitrogens is 2. The van der Waals surface area contributed by atoms with Crippen molar-refractivity contribution < 1.29 is 9.90 Å². The van der Waals surface area contributed by atoms with Gasteiger partial charge in [-0.15, -0.1) is 0 Å². The van der Waals surface area contributed by atoms with Crippen molar-refractivity contribution in [2.24, 2.45) is 11.3 Å². The van der Waals surface area contributed by atoms with Crippen LogP contribution in [0.5, 0.6) is 0 Å². The molecule has 0 saturated carbocycles. The number of rotatable bonds is 8. The second kappa shape index (κ2) is 11.1. The van der Waals surface area contributed by atoms with E-state index in [1.807, 2.05) is 12.1 Å². The van der Waals surface area contributed by atoms with E-state index in [-0.39, 0.29) is 17.2 Å². The molecule has 33 heavy (non-hydrogen) atoms. The second-order valence-corrected chi connectivity index (χ2v) is 9.82. The minimum absolute atomic E-state index is 0.0688. The summed E-state index contributed by atoms with van der Waals surface area (Å²) in [5, 5.41) is 18.3. The van der Waals surface area contributed by atoms with Gasteiger partial charge in [0.15, 0.2) is 0 Å². The van der Waals surface area contributed by atoms with Crippen LogP contribution in [0.3, 0.4) is 0 Å². The SMILES string of the molecule is CC(C)(C)CN(Cc1ccc(/C=C/CN2CCC(C(=O)O)CC2)cc1)c1ccnc(C#N)n1. The molecule has 7 heteroatoms. The van der Waals surface area contributed by atoms with Crippen molar-refractivity contribution in [3.8, 4) is 6.07 Å². The van der Waals surface area contributed by atoms with Crippen molar-refractivity contribution in [1.29, 1.82) is 5.26 Å². The van der Waals surface area contributed by atoms with Gasteiger partial charge in [0.05, 0.1) is 5.92 Å². The Bertz CT molecular complexity index is 997. The first-order valence-corrected chi connectivity index (χ1v) is 11.4. The zero-order valence-electron chi connectivity index (χ0n) is 19.7. The van der Waals surface area contributed by atoms with Gasteiger partial charge in [0, 0.05) is 25.8 Å². The summed E-state index contributed by atoms with van der Waals surface area (Å²) < 4.78 is 0. The first-order valence-electron chi connectivity index (χ1n) is 11.4. The van der Waals surface area contributed by atoms with Gasteiger partial charge in [-0.25, -0.2) is 9.97 Å². The Morgan fingerprint density at radius 1 is 1.24 bits per heavy atom. The second-order valence-electron chi connectivity index (χ2n) is 9.82. The molecule has 1 saturated heterocycles. The van der Waals surface area contributed by atoms with Crippen molar-refractivity contribution in [2.75, 3.05) is 31.1 Å². The summed E-state index contributed by atoms with van der Waals surface area (Å²) in [4.78, 5) is 24.0. The highest BCUT2D eigenvalue weighted by atomic mass is 16.4. The van der Waals surface area contributed by atoms with Gasteiger partial charge in [0.1, 0.15) is 11.9 Å². The molecule has 0 amide bonds. The van der Waals surface area contributed by atoms with Crippen LogP contribution < -0.4 is 4.90 Å². The predicted molar refractivity (Wildman–Crippen MR) is 130 cm³/mol. The first kappa shape index (κ1) is 24.4. The summed E-state index contributed by atoms with van der Waals surface area (Å²) in [6, 6.07) is 12.3. The summed E-state index contributed by atoms with van der Waals surface area (Å²) >= 11 is 0. The Morgan fingerprint density at radius 3 is 2.55 bits per heavy atom. The van der Waals surface area contributed by atoms with Crippen LogP contribution in [0, 0.1) is 22.7 Å². The molecule has 1 aromatic carbocycles. The van der Waals surface area contributed by atoms with E-state index < -0.39 is 5.97 Å². The minimum Gasteiger partial charge on any atom is -0.481 e. The van der Waals surface area contributed by atoms with E-state index in [0.717, 1.165) is 50.4 Å². The van der Waals surface area contributed by atoms with Crippen molar-refractivity contribution in [3.63, 3.8) is 0 Å². The highest BCUT2D eigenvalue weighted by molar-refractivity contribution is 5.70. The minimum atomic E-state index is -0.670. The van der Waals surface area contributed by atoms with Gasteiger partial charge < -0.3 is 10.0 Å². The lowest BCUT2D eigenvalue weighted by atomic mass is 9.95. The van der Waals surface area contributed by atoms with Crippen molar-refractivity contribution in [2.45, 2.75) is 40.2 Å². The standard InChI is InChI=1S/C26H33N5O2/c1-26(2,3)19-31(24-10-13-28-23(17-27)29-24)18-21-8-6-20(7-9-21)5-4-14-30-15-11-22(12-16-30)25(32)33/h4-10,13,22H,11-12,14-16,18-19H2,1-3H3,(H,32,33)/b5-4+. The normalized spacial score (nSPS) is 15.5. The van der Waals surface area contributed by atoms with Crippen LogP contribution in [0.2, 0.25) is 0 Å². The van der Waals surface area contributed by atoms with Gasteiger partial charge in [0.25, 0.3) is 0 Å². The molecule has 0 unspecified atom stereocenters. The largest absolute Gasteiger partial charge is 0.481 e. The van der Waals surface area contributed by atoms with Crippen molar-refractivity contribution in [3.05, 3.63) is 59.6 Å². The molecule has 0 aliphatic carbocycles. The molecule has 0 atom stereocenters. The molecule has 2 heterocycles. The highest BCUT2D eigenvalue weighted by Crippen LogP contribution is 2.23. The van der Waals surface area contributed by atoms with E-state index in [0.29, 0.717) is 6.54 Å². The van der Waals surface area contributed by atoms with Gasteiger partial charge in [-0.3, -0.25) is 9.69 Å². The molecule has 1 aromatic heterocycles. The van der Waals surface area contributed by atoms with Gasteiger partial charge in [-0.05, 0) is 48.5 Å². The molecule has 3 rings (SSSR count). The third-order valence-electron chi connectivity index (χ3n) is 5.69. The Balaban J connectivity index is 1.60. The van der Waals surface area contributed by atoms with Crippen LogP contribution in [0.4, 0.5) is 5.82 Å². The zero-order chi connectivity index (χ0) is 23.8. The lowest BCUT2D eigenvalue weighted by Gasteiger charge is -2.31. The lowest BCUT2D eigenvalue weighted by Crippen LogP contribution is -2.36. The molecular weight excluding hydrogens is 414 g/mol. The van der Waals surface area contributed by atoms with Crippen LogP contribution >= 0.6 is 0 Å². The van der Waals surface area contributed by atoms with Crippen LogP contribution in [-0.4, -0.2) is 52.1 Å². The van der Waals surface area contributed by atoms with Crippen LogP contribution in [0.15, 0.2) is 42.6 Å². The van der Waals surface area contributed by atoms with Gasteiger partial charge in [0.2, 0.25) is 5.82 Å². The van der Waals surface area contributed by atoms with Crippen LogP contribution in [0.25, 0.3) is 6.08 Å². The summed E-state index contributed by atoms with van der Waals surface area (Å²) in [6.07, 6.45) is 7.35. The van der Waals surface area contributed by atoms with E-state index in [1.54, 1.807) is 6.20 Å². The van der Waals surface area contributed by atoms with Crippen LogP contribution in [-0.2, 0) is 11.3 Å². The molecule has 0 spiro atoms.